The molecule has 27 heavy (non-hydrogen) atoms. The Morgan fingerprint density at radius 3 is 2.33 bits per heavy atom. The second-order valence-electron chi connectivity index (χ2n) is 7.30. The molecule has 0 aliphatic heterocycles. The van der Waals surface area contributed by atoms with Crippen molar-refractivity contribution in [2.75, 3.05) is 7.11 Å². The van der Waals surface area contributed by atoms with E-state index in [4.69, 9.17) is 9.47 Å². The summed E-state index contributed by atoms with van der Waals surface area (Å²) in [6.07, 6.45) is 7.95. The molecule has 2 aromatic carbocycles. The van der Waals surface area contributed by atoms with E-state index < -0.39 is 11.6 Å². The van der Waals surface area contributed by atoms with E-state index in [1.807, 2.05) is 0 Å². The summed E-state index contributed by atoms with van der Waals surface area (Å²) >= 11 is 0. The molecular formula is C23H26F2O2. The molecule has 3 rings (SSSR count). The summed E-state index contributed by atoms with van der Waals surface area (Å²) in [6.45, 7) is 2.72. The molecule has 4 heteroatoms. The van der Waals surface area contributed by atoms with Gasteiger partial charge in [0, 0.05) is 5.56 Å². The third kappa shape index (κ3) is 4.88. The highest BCUT2D eigenvalue weighted by molar-refractivity contribution is 5.51. The monoisotopic (exact) mass is 372 g/mol. The molecule has 0 amide bonds. The van der Waals surface area contributed by atoms with Crippen molar-refractivity contribution in [1.29, 1.82) is 0 Å². The number of ether oxygens (including phenoxy) is 2. The first-order valence-corrected chi connectivity index (χ1v) is 9.47. The first-order valence-electron chi connectivity index (χ1n) is 9.47. The van der Waals surface area contributed by atoms with Crippen LogP contribution in [0.15, 0.2) is 42.7 Å². The van der Waals surface area contributed by atoms with Gasteiger partial charge in [-0.15, -0.1) is 0 Å². The van der Waals surface area contributed by atoms with Crippen molar-refractivity contribution in [3.63, 3.8) is 0 Å². The van der Waals surface area contributed by atoms with Crippen LogP contribution in [-0.2, 0) is 11.3 Å². The van der Waals surface area contributed by atoms with Gasteiger partial charge < -0.3 is 9.47 Å². The average Bonchev–Trinajstić information content (AvgIpc) is 2.69. The Balaban J connectivity index is 1.53. The molecule has 0 aromatic heterocycles. The van der Waals surface area contributed by atoms with Crippen molar-refractivity contribution in [3.8, 4) is 5.75 Å². The summed E-state index contributed by atoms with van der Waals surface area (Å²) in [5.74, 6) is -0.528. The van der Waals surface area contributed by atoms with Gasteiger partial charge in [-0.05, 0) is 54.0 Å². The predicted octanol–water partition coefficient (Wildman–Crippen LogP) is 6.45. The normalized spacial score (nSPS) is 20.0. The molecule has 0 unspecified atom stereocenters. The Hall–Kier alpha value is -2.36. The third-order valence-corrected chi connectivity index (χ3v) is 5.36. The van der Waals surface area contributed by atoms with Crippen molar-refractivity contribution in [2.24, 2.45) is 5.92 Å². The topological polar surface area (TPSA) is 18.5 Å². The Kier molecular flexibility index (Phi) is 6.49. The van der Waals surface area contributed by atoms with Crippen LogP contribution in [0.4, 0.5) is 8.78 Å². The van der Waals surface area contributed by atoms with Gasteiger partial charge in [-0.1, -0.05) is 44.0 Å². The fourth-order valence-electron chi connectivity index (χ4n) is 3.58. The van der Waals surface area contributed by atoms with E-state index in [0.29, 0.717) is 12.5 Å². The molecule has 2 aromatic rings. The summed E-state index contributed by atoms with van der Waals surface area (Å²) in [4.78, 5) is 0. The zero-order chi connectivity index (χ0) is 19.2. The second-order valence-corrected chi connectivity index (χ2v) is 7.30. The highest BCUT2D eigenvalue weighted by atomic mass is 19.2. The lowest BCUT2D eigenvalue weighted by atomic mass is 9.79. The number of methoxy groups -OCH3 is 1. The Morgan fingerprint density at radius 1 is 0.963 bits per heavy atom. The summed E-state index contributed by atoms with van der Waals surface area (Å²) in [5, 5.41) is 0. The number of halogens is 2. The molecule has 0 N–H and O–H groups in total. The molecule has 1 aliphatic carbocycles. The lowest BCUT2D eigenvalue weighted by molar-refractivity contribution is 0.239. The maximum absolute atomic E-state index is 13.9. The van der Waals surface area contributed by atoms with Crippen LogP contribution in [0, 0.1) is 17.6 Å². The third-order valence-electron chi connectivity index (χ3n) is 5.36. The molecule has 0 radical (unpaired) electrons. The predicted molar refractivity (Wildman–Crippen MR) is 104 cm³/mol. The maximum atomic E-state index is 13.9. The van der Waals surface area contributed by atoms with E-state index in [1.165, 1.54) is 62.8 Å². The van der Waals surface area contributed by atoms with Gasteiger partial charge in [-0.2, -0.15) is 4.39 Å². The van der Waals surface area contributed by atoms with Crippen molar-refractivity contribution in [2.45, 2.75) is 45.1 Å². The molecular weight excluding hydrogens is 346 g/mol. The Bertz CT molecular complexity index is 776. The summed E-state index contributed by atoms with van der Waals surface area (Å²) < 4.78 is 37.8. The molecule has 1 saturated carbocycles. The standard InChI is InChI=1S/C23H26F2O2/c1-16-3-7-18(8-4-16)19-9-5-17(6-10-19)15-27-14-13-20-11-12-21(26-2)23(25)22(20)24/h5-6,9-14,16,18H,3-4,7-8,15H2,1-2H3. The molecule has 1 aliphatic rings. The molecule has 0 spiro atoms. The summed E-state index contributed by atoms with van der Waals surface area (Å²) in [7, 11) is 1.30. The van der Waals surface area contributed by atoms with E-state index in [9.17, 15) is 8.78 Å². The van der Waals surface area contributed by atoms with Gasteiger partial charge in [0.2, 0.25) is 5.82 Å². The lowest BCUT2D eigenvalue weighted by Crippen LogP contribution is -2.10. The Morgan fingerprint density at radius 2 is 1.67 bits per heavy atom. The number of hydrogen-bond donors (Lipinski definition) is 0. The minimum absolute atomic E-state index is 0.113. The SMILES string of the molecule is COc1ccc(C=COCc2ccc(C3CCC(C)CC3)cc2)c(F)c1F. The molecule has 1 fully saturated rings. The highest BCUT2D eigenvalue weighted by Crippen LogP contribution is 2.35. The van der Waals surface area contributed by atoms with Gasteiger partial charge in [0.25, 0.3) is 0 Å². The van der Waals surface area contributed by atoms with Gasteiger partial charge in [-0.3, -0.25) is 0 Å². The van der Waals surface area contributed by atoms with Crippen molar-refractivity contribution < 1.29 is 18.3 Å². The molecule has 0 heterocycles. The van der Waals surface area contributed by atoms with E-state index in [2.05, 4.69) is 31.2 Å². The van der Waals surface area contributed by atoms with E-state index in [1.54, 1.807) is 0 Å². The molecule has 0 saturated heterocycles. The van der Waals surface area contributed by atoms with Gasteiger partial charge in [0.15, 0.2) is 11.6 Å². The van der Waals surface area contributed by atoms with Crippen LogP contribution in [0.25, 0.3) is 6.08 Å². The minimum Gasteiger partial charge on any atom is -0.496 e. The largest absolute Gasteiger partial charge is 0.496 e. The highest BCUT2D eigenvalue weighted by Gasteiger charge is 2.19. The second kappa shape index (κ2) is 9.03. The quantitative estimate of drug-likeness (QED) is 0.542. The van der Waals surface area contributed by atoms with Crippen LogP contribution in [0.3, 0.4) is 0 Å². The van der Waals surface area contributed by atoms with Crippen LogP contribution < -0.4 is 4.74 Å². The van der Waals surface area contributed by atoms with E-state index >= 15 is 0 Å². The summed E-state index contributed by atoms with van der Waals surface area (Å²) in [6, 6.07) is 11.4. The maximum Gasteiger partial charge on any atom is 0.201 e. The zero-order valence-electron chi connectivity index (χ0n) is 15.9. The van der Waals surface area contributed by atoms with Gasteiger partial charge in [0.05, 0.1) is 13.4 Å². The van der Waals surface area contributed by atoms with E-state index in [0.717, 1.165) is 11.5 Å². The van der Waals surface area contributed by atoms with Gasteiger partial charge in [0.1, 0.15) is 6.61 Å². The van der Waals surface area contributed by atoms with Gasteiger partial charge >= 0.3 is 0 Å². The minimum atomic E-state index is -0.993. The van der Waals surface area contributed by atoms with Crippen molar-refractivity contribution >= 4 is 6.08 Å². The van der Waals surface area contributed by atoms with Crippen LogP contribution in [0.2, 0.25) is 0 Å². The van der Waals surface area contributed by atoms with Crippen molar-refractivity contribution in [3.05, 3.63) is 71.0 Å². The lowest BCUT2D eigenvalue weighted by Gasteiger charge is -2.26. The van der Waals surface area contributed by atoms with Crippen LogP contribution >= 0.6 is 0 Å². The zero-order valence-corrected chi connectivity index (χ0v) is 15.9. The first-order chi connectivity index (χ1) is 13.1. The Labute approximate surface area is 159 Å². The number of hydrogen-bond acceptors (Lipinski definition) is 2. The molecule has 0 bridgehead atoms. The first kappa shape index (κ1) is 19.4. The molecule has 2 nitrogen and oxygen atoms in total. The van der Waals surface area contributed by atoms with Crippen LogP contribution in [-0.4, -0.2) is 7.11 Å². The number of benzene rings is 2. The molecule has 0 atom stereocenters. The van der Waals surface area contributed by atoms with E-state index in [-0.39, 0.29) is 11.3 Å². The fraction of sp³-hybridized carbons (Fsp3) is 0.391. The van der Waals surface area contributed by atoms with Crippen LogP contribution in [0.5, 0.6) is 5.75 Å². The van der Waals surface area contributed by atoms with Gasteiger partial charge in [-0.25, -0.2) is 4.39 Å². The van der Waals surface area contributed by atoms with Crippen molar-refractivity contribution in [1.82, 2.24) is 0 Å². The average molecular weight is 372 g/mol. The fourth-order valence-corrected chi connectivity index (χ4v) is 3.58. The molecule has 144 valence electrons. The van der Waals surface area contributed by atoms with Crippen LogP contribution in [0.1, 0.15) is 55.2 Å². The summed E-state index contributed by atoms with van der Waals surface area (Å²) in [5.41, 5.74) is 2.57. The smallest absolute Gasteiger partial charge is 0.201 e. The number of rotatable bonds is 6.